The van der Waals surface area contributed by atoms with E-state index in [0.29, 0.717) is 0 Å². The molecule has 1 aromatic heterocycles. The summed E-state index contributed by atoms with van der Waals surface area (Å²) in [6.07, 6.45) is 5.25. The van der Waals surface area contributed by atoms with Crippen LogP contribution >= 0.6 is 12.2 Å². The van der Waals surface area contributed by atoms with E-state index in [9.17, 15) is 0 Å². The highest BCUT2D eigenvalue weighted by Crippen LogP contribution is 2.24. The zero-order chi connectivity index (χ0) is 19.3. The van der Waals surface area contributed by atoms with E-state index in [1.165, 1.54) is 38.8 Å². The Labute approximate surface area is 171 Å². The molecule has 0 spiro atoms. The summed E-state index contributed by atoms with van der Waals surface area (Å²) in [4.78, 5) is 1.56. The van der Waals surface area contributed by atoms with E-state index < -0.39 is 0 Å². The molecule has 0 radical (unpaired) electrons. The van der Waals surface area contributed by atoms with Crippen molar-refractivity contribution >= 4 is 12.2 Å². The zero-order valence-corrected chi connectivity index (χ0v) is 17.1. The van der Waals surface area contributed by atoms with Gasteiger partial charge < -0.3 is 9.64 Å². The zero-order valence-electron chi connectivity index (χ0n) is 16.3. The summed E-state index contributed by atoms with van der Waals surface area (Å²) in [7, 11) is 1.68. The second kappa shape index (κ2) is 8.71. The Kier molecular flexibility index (Phi) is 5.88. The number of para-hydroxylation sites is 1. The smallest absolute Gasteiger partial charge is 0.207 e. The van der Waals surface area contributed by atoms with Gasteiger partial charge in [-0.3, -0.25) is 4.57 Å². The predicted molar refractivity (Wildman–Crippen MR) is 114 cm³/mol. The van der Waals surface area contributed by atoms with Crippen LogP contribution in [0.3, 0.4) is 0 Å². The third kappa shape index (κ3) is 4.03. The first-order valence-corrected chi connectivity index (χ1v) is 10.4. The number of benzene rings is 2. The van der Waals surface area contributed by atoms with E-state index in [0.717, 1.165) is 34.3 Å². The van der Waals surface area contributed by atoms with Crippen molar-refractivity contribution < 1.29 is 9.64 Å². The van der Waals surface area contributed by atoms with Gasteiger partial charge in [0.05, 0.1) is 20.2 Å². The third-order valence-corrected chi connectivity index (χ3v) is 5.78. The number of ether oxygens (including phenoxy) is 1. The molecular formula is C22H27N4OS+. The number of nitrogens with one attached hydrogen (secondary N) is 1. The molecule has 2 heterocycles. The van der Waals surface area contributed by atoms with Gasteiger partial charge in [-0.25, -0.2) is 0 Å². The van der Waals surface area contributed by atoms with E-state index in [2.05, 4.69) is 16.7 Å². The van der Waals surface area contributed by atoms with Crippen LogP contribution in [-0.2, 0) is 6.67 Å². The molecule has 0 aliphatic carbocycles. The Hall–Kier alpha value is -2.44. The van der Waals surface area contributed by atoms with Gasteiger partial charge in [-0.15, -0.1) is 5.10 Å². The maximum absolute atomic E-state index is 5.87. The summed E-state index contributed by atoms with van der Waals surface area (Å²) < 4.78 is 10.1. The van der Waals surface area contributed by atoms with Gasteiger partial charge in [0.15, 0.2) is 12.5 Å². The number of nitrogens with zero attached hydrogens (tertiary/aromatic N) is 3. The van der Waals surface area contributed by atoms with Crippen molar-refractivity contribution in [2.24, 2.45) is 0 Å². The summed E-state index contributed by atoms with van der Waals surface area (Å²) in [5, 5.41) is 4.95. The molecule has 6 heteroatoms. The largest absolute Gasteiger partial charge is 0.497 e. The number of aromatic nitrogens is 3. The lowest BCUT2D eigenvalue weighted by molar-refractivity contribution is -0.922. The van der Waals surface area contributed by atoms with Crippen LogP contribution in [0.5, 0.6) is 5.75 Å². The van der Waals surface area contributed by atoms with Gasteiger partial charge in [0.2, 0.25) is 4.77 Å². The molecule has 1 fully saturated rings. The fourth-order valence-electron chi connectivity index (χ4n) is 3.85. The lowest BCUT2D eigenvalue weighted by Crippen LogP contribution is -3.11. The monoisotopic (exact) mass is 395 g/mol. The minimum absolute atomic E-state index is 0.744. The first-order chi connectivity index (χ1) is 13.8. The fourth-order valence-corrected chi connectivity index (χ4v) is 4.14. The minimum Gasteiger partial charge on any atom is -0.497 e. The van der Waals surface area contributed by atoms with Gasteiger partial charge in [-0.1, -0.05) is 18.2 Å². The lowest BCUT2D eigenvalue weighted by Gasteiger charge is -2.16. The molecule has 0 amide bonds. The predicted octanol–water partition coefficient (Wildman–Crippen LogP) is 3.50. The second-order valence-electron chi connectivity index (χ2n) is 7.33. The van der Waals surface area contributed by atoms with Crippen molar-refractivity contribution in [3.8, 4) is 22.8 Å². The maximum Gasteiger partial charge on any atom is 0.207 e. The first kappa shape index (κ1) is 18.9. The van der Waals surface area contributed by atoms with E-state index in [1.807, 2.05) is 47.1 Å². The van der Waals surface area contributed by atoms with Crippen molar-refractivity contribution in [1.29, 1.82) is 0 Å². The molecule has 1 N–H and O–H groups in total. The summed E-state index contributed by atoms with van der Waals surface area (Å²) >= 11 is 5.87. The summed E-state index contributed by atoms with van der Waals surface area (Å²) in [5.41, 5.74) is 2.07. The Morgan fingerprint density at radius 1 is 0.964 bits per heavy atom. The van der Waals surface area contributed by atoms with Crippen LogP contribution in [0.1, 0.15) is 25.7 Å². The molecule has 1 aliphatic rings. The van der Waals surface area contributed by atoms with Crippen LogP contribution in [0.15, 0.2) is 54.6 Å². The molecule has 146 valence electrons. The standard InChI is InChI=1S/C22H26N4OS/c1-27-20-13-11-18(12-14-20)21-23-25(17-24-15-7-2-3-8-16-24)22(28)26(21)19-9-5-4-6-10-19/h4-6,9-14H,2-3,7-8,15-17H2,1H3/p+1. The van der Waals surface area contributed by atoms with Crippen LogP contribution in [0.2, 0.25) is 0 Å². The molecular weight excluding hydrogens is 368 g/mol. The SMILES string of the molecule is COc1ccc(-c2nn(C[NH+]3CCCCCC3)c(=S)n2-c2ccccc2)cc1. The van der Waals surface area contributed by atoms with E-state index in [1.54, 1.807) is 12.0 Å². The van der Waals surface area contributed by atoms with Crippen molar-refractivity contribution in [3.05, 3.63) is 59.4 Å². The molecule has 1 aliphatic heterocycles. The summed E-state index contributed by atoms with van der Waals surface area (Å²) in [6.45, 7) is 3.21. The lowest BCUT2D eigenvalue weighted by atomic mass is 10.2. The Bertz CT molecular complexity index is 954. The number of hydrogen-bond acceptors (Lipinski definition) is 3. The molecule has 0 saturated carbocycles. The van der Waals surface area contributed by atoms with Crippen LogP contribution in [0.4, 0.5) is 0 Å². The molecule has 3 aromatic rings. The molecule has 0 unspecified atom stereocenters. The van der Waals surface area contributed by atoms with Crippen molar-refractivity contribution in [2.75, 3.05) is 20.2 Å². The van der Waals surface area contributed by atoms with E-state index >= 15 is 0 Å². The normalized spacial score (nSPS) is 15.3. The van der Waals surface area contributed by atoms with Crippen molar-refractivity contribution in [1.82, 2.24) is 14.3 Å². The van der Waals surface area contributed by atoms with Gasteiger partial charge in [0, 0.05) is 11.3 Å². The number of quaternary nitrogens is 1. The van der Waals surface area contributed by atoms with Crippen LogP contribution in [0, 0.1) is 4.77 Å². The molecule has 0 atom stereocenters. The number of methoxy groups -OCH3 is 1. The quantitative estimate of drug-likeness (QED) is 0.672. The summed E-state index contributed by atoms with van der Waals surface area (Å²) in [5.74, 6) is 1.70. The van der Waals surface area contributed by atoms with Gasteiger partial charge in [-0.05, 0) is 74.3 Å². The molecule has 1 saturated heterocycles. The Morgan fingerprint density at radius 2 is 1.64 bits per heavy atom. The van der Waals surface area contributed by atoms with Crippen LogP contribution in [-0.4, -0.2) is 34.5 Å². The van der Waals surface area contributed by atoms with E-state index in [4.69, 9.17) is 22.1 Å². The van der Waals surface area contributed by atoms with Crippen molar-refractivity contribution in [2.45, 2.75) is 32.4 Å². The molecule has 0 bridgehead atoms. The maximum atomic E-state index is 5.87. The first-order valence-electron chi connectivity index (χ1n) is 9.99. The number of hydrogen-bond donors (Lipinski definition) is 1. The van der Waals surface area contributed by atoms with E-state index in [-0.39, 0.29) is 0 Å². The Morgan fingerprint density at radius 3 is 2.29 bits per heavy atom. The molecule has 28 heavy (non-hydrogen) atoms. The van der Waals surface area contributed by atoms with Gasteiger partial charge >= 0.3 is 0 Å². The average Bonchev–Trinajstić information content (AvgIpc) is 2.90. The van der Waals surface area contributed by atoms with Crippen LogP contribution < -0.4 is 9.64 Å². The minimum atomic E-state index is 0.744. The Balaban J connectivity index is 1.76. The number of rotatable bonds is 5. The second-order valence-corrected chi connectivity index (χ2v) is 7.69. The molecule has 4 rings (SSSR count). The average molecular weight is 396 g/mol. The van der Waals surface area contributed by atoms with Gasteiger partial charge in [0.25, 0.3) is 0 Å². The van der Waals surface area contributed by atoms with Crippen molar-refractivity contribution in [3.63, 3.8) is 0 Å². The highest BCUT2D eigenvalue weighted by atomic mass is 32.1. The van der Waals surface area contributed by atoms with Gasteiger partial charge in [0.1, 0.15) is 5.75 Å². The number of likely N-dealkylation sites (tertiary alicyclic amines) is 1. The molecule has 2 aromatic carbocycles. The fraction of sp³-hybridized carbons (Fsp3) is 0.364. The highest BCUT2D eigenvalue weighted by Gasteiger charge is 2.19. The third-order valence-electron chi connectivity index (χ3n) is 5.39. The van der Waals surface area contributed by atoms with Gasteiger partial charge in [-0.2, -0.15) is 4.68 Å². The van der Waals surface area contributed by atoms with Crippen LogP contribution in [0.25, 0.3) is 17.1 Å². The highest BCUT2D eigenvalue weighted by molar-refractivity contribution is 7.71. The molecule has 5 nitrogen and oxygen atoms in total. The summed E-state index contributed by atoms with van der Waals surface area (Å²) in [6, 6.07) is 18.3. The topological polar surface area (TPSA) is 36.4 Å².